The normalized spacial score (nSPS) is 6.21. The molecule has 0 saturated carbocycles. The average molecular weight is 470 g/mol. The predicted molar refractivity (Wildman–Crippen MR) is 73.7 cm³/mol. The van der Waals surface area contributed by atoms with Gasteiger partial charge in [-0.2, -0.15) is 15.6 Å². The van der Waals surface area contributed by atoms with Gasteiger partial charge < -0.3 is 47.1 Å². The van der Waals surface area contributed by atoms with Crippen LogP contribution in [0, 0.1) is 0 Å². The molecule has 19 heavy (non-hydrogen) atoms. The van der Waals surface area contributed by atoms with E-state index in [1.807, 2.05) is 0 Å². The summed E-state index contributed by atoms with van der Waals surface area (Å²) in [5, 5.41) is 0. The van der Waals surface area contributed by atoms with Crippen LogP contribution in [0.5, 0.6) is 0 Å². The van der Waals surface area contributed by atoms with Gasteiger partial charge in [-0.15, -0.1) is 0 Å². The molecular formula is H6Al3Ca3Mg3O8P2. The third-order valence-corrected chi connectivity index (χ3v) is 0. The molecule has 0 heterocycles. The van der Waals surface area contributed by atoms with Gasteiger partial charge in [-0.05, 0) is 0 Å². The molecule has 0 aliphatic heterocycles. The molecule has 0 bridgehead atoms. The van der Waals surface area contributed by atoms with Crippen LogP contribution in [0.25, 0.3) is 0 Å². The van der Waals surface area contributed by atoms with Crippen molar-refractivity contribution in [3.8, 4) is 0 Å². The summed E-state index contributed by atoms with van der Waals surface area (Å²) in [5.74, 6) is 0. The van der Waals surface area contributed by atoms with E-state index in [0.29, 0.717) is 0 Å². The van der Waals surface area contributed by atoms with E-state index in [1.54, 1.807) is 0 Å². The van der Waals surface area contributed by atoms with Crippen molar-refractivity contribution in [2.24, 2.45) is 0 Å². The van der Waals surface area contributed by atoms with E-state index in [2.05, 4.69) is 0 Å². The van der Waals surface area contributed by atoms with Crippen LogP contribution in [0.15, 0.2) is 0 Å². The SMILES string of the molecule is O=P([O-])([O-])[O-].O=P([O-])([O-])[O-].[Al].[Al].[Al].[Ca+2].[Ca+2].[Ca+2].[H-].[H-].[H-].[H-].[H-].[H-].[Mg+2].[Mg+2].[Mg+2]. The Morgan fingerprint density at radius 2 is 0.526 bits per heavy atom. The maximum Gasteiger partial charge on any atom is 2.00 e. The Bertz CT molecular complexity index is 173. The minimum atomic E-state index is -5.39. The fourth-order valence-corrected chi connectivity index (χ4v) is 0. The van der Waals surface area contributed by atoms with Gasteiger partial charge in [-0.1, -0.05) is 0 Å². The molecule has 0 amide bonds. The summed E-state index contributed by atoms with van der Waals surface area (Å²) in [6.45, 7) is 0. The maximum atomic E-state index is 8.55. The van der Waals surface area contributed by atoms with Gasteiger partial charge in [0.25, 0.3) is 0 Å². The molecular weight excluding hydrogens is 464 g/mol. The van der Waals surface area contributed by atoms with Crippen molar-refractivity contribution >= 4 is 250 Å². The van der Waals surface area contributed by atoms with E-state index in [1.165, 1.54) is 0 Å². The van der Waals surface area contributed by atoms with Crippen molar-refractivity contribution in [2.45, 2.75) is 0 Å². The Labute approximate surface area is 290 Å². The smallest absolute Gasteiger partial charge is 1.00 e. The fourth-order valence-electron chi connectivity index (χ4n) is 0. The summed E-state index contributed by atoms with van der Waals surface area (Å²) in [5.41, 5.74) is 0. The van der Waals surface area contributed by atoms with Crippen LogP contribution < -0.4 is 29.4 Å². The van der Waals surface area contributed by atoms with Crippen LogP contribution in [-0.2, 0) is 9.13 Å². The van der Waals surface area contributed by atoms with Gasteiger partial charge in [0.2, 0.25) is 0 Å². The van der Waals surface area contributed by atoms with Crippen LogP contribution >= 0.6 is 15.6 Å². The standard InChI is InChI=1S/3Al.3Ca.3Mg.2H3O4P.6H/c;;;;;;;;;2*1-5(2,3)4;;;;;;/h;;;;;;;;;2*(H3,1,2,3,4);;;;;;/q;;;6*+2;;;6*-1/p-6. The van der Waals surface area contributed by atoms with Crippen molar-refractivity contribution in [3.63, 3.8) is 0 Å². The zero-order valence-corrected chi connectivity index (χ0v) is 26.3. The topological polar surface area (TPSA) is 172 Å². The van der Waals surface area contributed by atoms with Gasteiger partial charge in [0, 0.05) is 52.1 Å². The van der Waals surface area contributed by atoms with Gasteiger partial charge in [0.05, 0.1) is 0 Å². The van der Waals surface area contributed by atoms with E-state index < -0.39 is 15.6 Å². The molecule has 0 rings (SSSR count). The molecule has 0 aliphatic carbocycles. The van der Waals surface area contributed by atoms with Crippen LogP contribution in [-0.4, -0.2) is 234 Å². The van der Waals surface area contributed by atoms with E-state index in [-0.39, 0.29) is 243 Å². The van der Waals surface area contributed by atoms with Gasteiger partial charge in [0.15, 0.2) is 0 Å². The van der Waals surface area contributed by atoms with Crippen LogP contribution in [0.2, 0.25) is 0 Å². The van der Waals surface area contributed by atoms with Gasteiger partial charge >= 0.3 is 182 Å². The summed E-state index contributed by atoms with van der Waals surface area (Å²) in [4.78, 5) is 51.3. The first-order chi connectivity index (χ1) is 4.00. The van der Waals surface area contributed by atoms with Gasteiger partial charge in [0.1, 0.15) is 0 Å². The molecule has 0 unspecified atom stereocenters. The van der Waals surface area contributed by atoms with Crippen LogP contribution in [0.4, 0.5) is 0 Å². The second-order valence-electron chi connectivity index (χ2n) is 0.894. The second-order valence-corrected chi connectivity index (χ2v) is 2.68. The van der Waals surface area contributed by atoms with E-state index >= 15 is 0 Å². The predicted octanol–water partition coefficient (Wildman–Crippen LogP) is -8.40. The van der Waals surface area contributed by atoms with Crippen molar-refractivity contribution < 1.29 is 47.1 Å². The minimum Gasteiger partial charge on any atom is -1.00 e. The molecule has 0 N–H and O–H groups in total. The largest absolute Gasteiger partial charge is 2.00 e. The van der Waals surface area contributed by atoms with Gasteiger partial charge in [-0.3, -0.25) is 0 Å². The van der Waals surface area contributed by atoms with E-state index in [9.17, 15) is 0 Å². The molecule has 0 spiro atoms. The molecule has 8 nitrogen and oxygen atoms in total. The quantitative estimate of drug-likeness (QED) is 0.248. The fraction of sp³-hybridized carbons (Fsp3) is 0. The molecule has 19 heteroatoms. The molecule has 0 atom stereocenters. The Kier molecular flexibility index (Phi) is 152. The van der Waals surface area contributed by atoms with E-state index in [4.69, 9.17) is 38.5 Å². The number of phosphoric acid groups is 2. The molecule has 0 aromatic rings. The first kappa shape index (κ1) is 71.4. The Balaban J connectivity index is -0.00000000213. The van der Waals surface area contributed by atoms with Crippen molar-refractivity contribution in [2.75, 3.05) is 0 Å². The van der Waals surface area contributed by atoms with Crippen LogP contribution in [0.3, 0.4) is 0 Å². The number of rotatable bonds is 0. The number of hydrogen-bond acceptors (Lipinski definition) is 8. The minimum absolute atomic E-state index is 0. The Morgan fingerprint density at radius 3 is 0.526 bits per heavy atom. The number of hydrogen-bond donors (Lipinski definition) is 0. The first-order valence-corrected chi connectivity index (χ1v) is 4.38. The molecule has 0 aliphatic rings. The molecule has 0 fully saturated rings. The van der Waals surface area contributed by atoms with Gasteiger partial charge in [-0.25, -0.2) is 0 Å². The summed E-state index contributed by atoms with van der Waals surface area (Å²) in [6.07, 6.45) is 0. The molecule has 85 valence electrons. The molecule has 9 radical (unpaired) electrons. The monoisotopic (exact) mass is 469 g/mol. The summed E-state index contributed by atoms with van der Waals surface area (Å²) < 4.78 is 17.1. The maximum absolute atomic E-state index is 8.55. The zero-order valence-electron chi connectivity index (χ0n) is 16.1. The van der Waals surface area contributed by atoms with Crippen molar-refractivity contribution in [1.82, 2.24) is 0 Å². The molecule has 0 aromatic heterocycles. The first-order valence-electron chi connectivity index (χ1n) is 1.46. The molecule has 0 saturated heterocycles. The third-order valence-electron chi connectivity index (χ3n) is 0. The second kappa shape index (κ2) is 40.5. The third kappa shape index (κ3) is 237. The Morgan fingerprint density at radius 1 is 0.526 bits per heavy atom. The van der Waals surface area contributed by atoms with Crippen molar-refractivity contribution in [3.05, 3.63) is 0 Å². The van der Waals surface area contributed by atoms with E-state index in [0.717, 1.165) is 0 Å². The van der Waals surface area contributed by atoms with Crippen molar-refractivity contribution in [1.29, 1.82) is 0 Å². The van der Waals surface area contributed by atoms with Crippen LogP contribution in [0.1, 0.15) is 8.56 Å². The summed E-state index contributed by atoms with van der Waals surface area (Å²) in [6, 6.07) is 0. The summed E-state index contributed by atoms with van der Waals surface area (Å²) in [7, 11) is -10.8. The average Bonchev–Trinajstić information content (AvgIpc) is 1.12. The summed E-state index contributed by atoms with van der Waals surface area (Å²) >= 11 is 0. The molecule has 0 aromatic carbocycles. The Hall–Kier alpha value is 7.90. The zero-order chi connectivity index (χ0) is 9.00.